The summed E-state index contributed by atoms with van der Waals surface area (Å²) < 4.78 is 1.66. The lowest BCUT2D eigenvalue weighted by molar-refractivity contribution is 0.872. The monoisotopic (exact) mass is 325 g/mol. The van der Waals surface area contributed by atoms with Crippen molar-refractivity contribution < 1.29 is 0 Å². The van der Waals surface area contributed by atoms with Crippen molar-refractivity contribution in [1.82, 2.24) is 9.78 Å². The van der Waals surface area contributed by atoms with Crippen LogP contribution in [0.4, 0.5) is 17.2 Å². The number of nitrogen functional groups attached to an aromatic ring is 1. The van der Waals surface area contributed by atoms with Crippen LogP contribution in [-0.2, 0) is 0 Å². The van der Waals surface area contributed by atoms with E-state index in [1.54, 1.807) is 10.7 Å². The Labute approximate surface area is 139 Å². The number of hydrogen-bond donors (Lipinski definition) is 1. The largest absolute Gasteiger partial charge is 0.382 e. The zero-order chi connectivity index (χ0) is 16.4. The first-order valence-corrected chi connectivity index (χ1v) is 7.52. The number of rotatable bonds is 3. The topological polar surface area (TPSA) is 68.6 Å². The molecule has 1 heterocycles. The van der Waals surface area contributed by atoms with Gasteiger partial charge in [-0.3, -0.25) is 0 Å². The number of anilines is 1. The van der Waals surface area contributed by atoms with Gasteiger partial charge in [0.1, 0.15) is 0 Å². The third-order valence-corrected chi connectivity index (χ3v) is 3.89. The van der Waals surface area contributed by atoms with Crippen molar-refractivity contribution >= 4 is 28.8 Å². The smallest absolute Gasteiger partial charge is 0.155 e. The van der Waals surface area contributed by atoms with Gasteiger partial charge in [0.05, 0.1) is 17.1 Å². The standard InChI is InChI=1S/C17H16ClN5/c1-11-8-9-13(10-15(11)18)20-21-16-12(2)22-23(17(16)19)14-6-4-3-5-7-14/h3-10H,19H2,1-2H3. The van der Waals surface area contributed by atoms with Crippen molar-refractivity contribution in [2.75, 3.05) is 5.73 Å². The molecule has 0 spiro atoms. The normalized spacial score (nSPS) is 11.3. The van der Waals surface area contributed by atoms with E-state index in [2.05, 4.69) is 15.3 Å². The van der Waals surface area contributed by atoms with Gasteiger partial charge in [-0.1, -0.05) is 35.9 Å². The van der Waals surface area contributed by atoms with Gasteiger partial charge in [-0.15, -0.1) is 5.11 Å². The van der Waals surface area contributed by atoms with Crippen LogP contribution in [-0.4, -0.2) is 9.78 Å². The number of nitrogens with two attached hydrogens (primary N) is 1. The number of para-hydroxylation sites is 1. The summed E-state index contributed by atoms with van der Waals surface area (Å²) in [4.78, 5) is 0. The summed E-state index contributed by atoms with van der Waals surface area (Å²) in [5, 5.41) is 13.6. The molecule has 0 saturated heterocycles. The van der Waals surface area contributed by atoms with Crippen molar-refractivity contribution in [2.45, 2.75) is 13.8 Å². The molecule has 2 N–H and O–H groups in total. The molecule has 0 aliphatic carbocycles. The van der Waals surface area contributed by atoms with Crippen LogP contribution < -0.4 is 5.73 Å². The zero-order valence-electron chi connectivity index (χ0n) is 12.9. The second-order valence-corrected chi connectivity index (χ2v) is 5.61. The molecule has 0 bridgehead atoms. The van der Waals surface area contributed by atoms with Gasteiger partial charge in [0.25, 0.3) is 0 Å². The molecule has 0 atom stereocenters. The Bertz CT molecular complexity index is 868. The third kappa shape index (κ3) is 3.10. The molecule has 6 heteroatoms. The van der Waals surface area contributed by atoms with Crippen LogP contribution in [0.2, 0.25) is 5.02 Å². The van der Waals surface area contributed by atoms with Crippen LogP contribution in [0, 0.1) is 13.8 Å². The lowest BCUT2D eigenvalue weighted by Gasteiger charge is -2.02. The number of hydrogen-bond acceptors (Lipinski definition) is 4. The third-order valence-electron chi connectivity index (χ3n) is 3.49. The molecule has 0 saturated carbocycles. The lowest BCUT2D eigenvalue weighted by Crippen LogP contribution is -2.01. The molecule has 0 amide bonds. The van der Waals surface area contributed by atoms with Crippen molar-refractivity contribution in [1.29, 1.82) is 0 Å². The molecule has 116 valence electrons. The number of aromatic nitrogens is 2. The summed E-state index contributed by atoms with van der Waals surface area (Å²) in [5.41, 5.74) is 10.0. The maximum Gasteiger partial charge on any atom is 0.155 e. The number of benzene rings is 2. The van der Waals surface area contributed by atoms with E-state index >= 15 is 0 Å². The molecule has 5 nitrogen and oxygen atoms in total. The van der Waals surface area contributed by atoms with Crippen molar-refractivity contribution in [3.05, 3.63) is 64.8 Å². The summed E-state index contributed by atoms with van der Waals surface area (Å²) >= 11 is 6.10. The average Bonchev–Trinajstić information content (AvgIpc) is 2.84. The van der Waals surface area contributed by atoms with Gasteiger partial charge in [-0.25, -0.2) is 4.68 Å². The van der Waals surface area contributed by atoms with Gasteiger partial charge < -0.3 is 5.73 Å². The van der Waals surface area contributed by atoms with Gasteiger partial charge in [0, 0.05) is 5.02 Å². The Kier molecular flexibility index (Phi) is 4.12. The quantitative estimate of drug-likeness (QED) is 0.677. The van der Waals surface area contributed by atoms with E-state index in [-0.39, 0.29) is 0 Å². The number of azo groups is 1. The van der Waals surface area contributed by atoms with Gasteiger partial charge in [0.15, 0.2) is 11.5 Å². The molecule has 0 unspecified atom stereocenters. The van der Waals surface area contributed by atoms with E-state index in [4.69, 9.17) is 17.3 Å². The molecule has 0 radical (unpaired) electrons. The Balaban J connectivity index is 1.96. The van der Waals surface area contributed by atoms with Crippen LogP contribution in [0.3, 0.4) is 0 Å². The first-order chi connectivity index (χ1) is 11.1. The highest BCUT2D eigenvalue weighted by molar-refractivity contribution is 6.31. The Hall–Kier alpha value is -2.66. The number of halogens is 1. The average molecular weight is 326 g/mol. The predicted molar refractivity (Wildman–Crippen MR) is 93.1 cm³/mol. The summed E-state index contributed by atoms with van der Waals surface area (Å²) in [7, 11) is 0. The molecule has 3 aromatic rings. The molecule has 0 aliphatic heterocycles. The summed E-state index contributed by atoms with van der Waals surface area (Å²) in [6, 6.07) is 15.2. The number of aryl methyl sites for hydroxylation is 2. The van der Waals surface area contributed by atoms with Crippen LogP contribution in [0.5, 0.6) is 0 Å². The maximum absolute atomic E-state index is 6.17. The zero-order valence-corrected chi connectivity index (χ0v) is 13.6. The van der Waals surface area contributed by atoms with E-state index < -0.39 is 0 Å². The second-order valence-electron chi connectivity index (χ2n) is 5.20. The minimum absolute atomic E-state index is 0.454. The van der Waals surface area contributed by atoms with Crippen LogP contribution >= 0.6 is 11.6 Å². The fourth-order valence-corrected chi connectivity index (χ4v) is 2.35. The Morgan fingerprint density at radius 1 is 1.04 bits per heavy atom. The maximum atomic E-state index is 6.17. The molecule has 0 fully saturated rings. The Morgan fingerprint density at radius 2 is 1.78 bits per heavy atom. The second kappa shape index (κ2) is 6.22. The molecular formula is C17H16ClN5. The van der Waals surface area contributed by atoms with Crippen molar-refractivity contribution in [3.63, 3.8) is 0 Å². The van der Waals surface area contributed by atoms with Crippen LogP contribution in [0.15, 0.2) is 58.8 Å². The highest BCUT2D eigenvalue weighted by Gasteiger charge is 2.13. The summed E-state index contributed by atoms with van der Waals surface area (Å²) in [6.45, 7) is 3.79. The highest BCUT2D eigenvalue weighted by atomic mass is 35.5. The first kappa shape index (κ1) is 15.2. The predicted octanol–water partition coefficient (Wildman–Crippen LogP) is 5.14. The van der Waals surface area contributed by atoms with E-state index in [9.17, 15) is 0 Å². The number of nitrogens with zero attached hydrogens (tertiary/aromatic N) is 4. The minimum Gasteiger partial charge on any atom is -0.382 e. The van der Waals surface area contributed by atoms with E-state index in [1.165, 1.54) is 0 Å². The fourth-order valence-electron chi connectivity index (χ4n) is 2.18. The van der Waals surface area contributed by atoms with Gasteiger partial charge in [-0.2, -0.15) is 10.2 Å². The minimum atomic E-state index is 0.454. The van der Waals surface area contributed by atoms with Gasteiger partial charge in [0.2, 0.25) is 0 Å². The lowest BCUT2D eigenvalue weighted by atomic mass is 10.2. The SMILES string of the molecule is Cc1ccc(N=Nc2c(C)nn(-c3ccccc3)c2N)cc1Cl. The molecule has 23 heavy (non-hydrogen) atoms. The fraction of sp³-hybridized carbons (Fsp3) is 0.118. The molecular weight excluding hydrogens is 310 g/mol. The van der Waals surface area contributed by atoms with E-state index in [0.29, 0.717) is 27.9 Å². The first-order valence-electron chi connectivity index (χ1n) is 7.14. The van der Waals surface area contributed by atoms with E-state index in [0.717, 1.165) is 11.3 Å². The van der Waals surface area contributed by atoms with E-state index in [1.807, 2.05) is 56.3 Å². The molecule has 1 aromatic heterocycles. The van der Waals surface area contributed by atoms with Crippen LogP contribution in [0.25, 0.3) is 5.69 Å². The Morgan fingerprint density at radius 3 is 2.48 bits per heavy atom. The summed E-state index contributed by atoms with van der Waals surface area (Å²) in [6.07, 6.45) is 0. The molecule has 2 aromatic carbocycles. The van der Waals surface area contributed by atoms with Gasteiger partial charge in [-0.05, 0) is 43.7 Å². The highest BCUT2D eigenvalue weighted by Crippen LogP contribution is 2.31. The molecule has 3 rings (SSSR count). The molecule has 0 aliphatic rings. The van der Waals surface area contributed by atoms with Crippen molar-refractivity contribution in [3.8, 4) is 5.69 Å². The van der Waals surface area contributed by atoms with Crippen LogP contribution in [0.1, 0.15) is 11.3 Å². The van der Waals surface area contributed by atoms with Gasteiger partial charge >= 0.3 is 0 Å². The van der Waals surface area contributed by atoms with Crippen molar-refractivity contribution in [2.24, 2.45) is 10.2 Å². The summed E-state index contributed by atoms with van der Waals surface area (Å²) in [5.74, 6) is 0.454.